The number of likely N-dealkylation sites (tertiary alicyclic amines) is 1. The highest BCUT2D eigenvalue weighted by Gasteiger charge is 2.39. The second kappa shape index (κ2) is 6.09. The van der Waals surface area contributed by atoms with Crippen LogP contribution in [0, 0.1) is 5.41 Å². The predicted octanol–water partition coefficient (Wildman–Crippen LogP) is 2.50. The number of ether oxygens (including phenoxy) is 1. The molecule has 2 rings (SSSR count). The molecule has 0 saturated carbocycles. The molecule has 1 aromatic carbocycles. The first-order valence-electron chi connectivity index (χ1n) is 6.80. The van der Waals surface area contributed by atoms with Crippen LogP contribution >= 0.6 is 0 Å². The normalized spacial score (nSPS) is 23.3. The number of nitrogens with zero attached hydrogens (tertiary/aromatic N) is 1. The SMILES string of the molecule is COc1ccccc1/C=C/CN1CCC(C)(C(=O)O)C1. The van der Waals surface area contributed by atoms with E-state index in [4.69, 9.17) is 4.74 Å². The number of benzene rings is 1. The van der Waals surface area contributed by atoms with Crippen LogP contribution in [-0.2, 0) is 4.79 Å². The maximum Gasteiger partial charge on any atom is 0.310 e. The number of carboxylic acid groups (broad SMARTS) is 1. The van der Waals surface area contributed by atoms with Crippen molar-refractivity contribution in [1.82, 2.24) is 4.90 Å². The molecule has 1 aliphatic rings. The highest BCUT2D eigenvalue weighted by molar-refractivity contribution is 5.74. The summed E-state index contributed by atoms with van der Waals surface area (Å²) in [5.41, 5.74) is 0.438. The molecule has 1 unspecified atom stereocenters. The number of aliphatic carboxylic acids is 1. The summed E-state index contributed by atoms with van der Waals surface area (Å²) in [4.78, 5) is 13.4. The van der Waals surface area contributed by atoms with E-state index in [1.165, 1.54) is 0 Å². The van der Waals surface area contributed by atoms with Gasteiger partial charge in [-0.15, -0.1) is 0 Å². The Hall–Kier alpha value is -1.81. The first-order valence-corrected chi connectivity index (χ1v) is 6.80. The summed E-state index contributed by atoms with van der Waals surface area (Å²) < 4.78 is 5.29. The monoisotopic (exact) mass is 275 g/mol. The average molecular weight is 275 g/mol. The lowest BCUT2D eigenvalue weighted by molar-refractivity contribution is -0.147. The van der Waals surface area contributed by atoms with Crippen molar-refractivity contribution in [2.24, 2.45) is 5.41 Å². The Balaban J connectivity index is 1.93. The van der Waals surface area contributed by atoms with Crippen molar-refractivity contribution in [1.29, 1.82) is 0 Å². The molecule has 0 bridgehead atoms. The summed E-state index contributed by atoms with van der Waals surface area (Å²) in [6.07, 6.45) is 4.80. The summed E-state index contributed by atoms with van der Waals surface area (Å²) >= 11 is 0. The first-order chi connectivity index (χ1) is 9.55. The third kappa shape index (κ3) is 3.20. The molecule has 1 N–H and O–H groups in total. The van der Waals surface area contributed by atoms with Crippen LogP contribution in [0.25, 0.3) is 6.08 Å². The molecule has 108 valence electrons. The fourth-order valence-electron chi connectivity index (χ4n) is 2.52. The van der Waals surface area contributed by atoms with E-state index in [-0.39, 0.29) is 0 Å². The van der Waals surface area contributed by atoms with Crippen molar-refractivity contribution < 1.29 is 14.6 Å². The lowest BCUT2D eigenvalue weighted by Crippen LogP contribution is -2.31. The van der Waals surface area contributed by atoms with Crippen molar-refractivity contribution >= 4 is 12.0 Å². The lowest BCUT2D eigenvalue weighted by atomic mass is 9.90. The van der Waals surface area contributed by atoms with Gasteiger partial charge in [0.15, 0.2) is 0 Å². The molecule has 4 heteroatoms. The molecule has 20 heavy (non-hydrogen) atoms. The number of methoxy groups -OCH3 is 1. The number of carbonyl (C=O) groups is 1. The van der Waals surface area contributed by atoms with Gasteiger partial charge in [0.2, 0.25) is 0 Å². The molecule has 1 aromatic rings. The molecular formula is C16H21NO3. The molecular weight excluding hydrogens is 254 g/mol. The summed E-state index contributed by atoms with van der Waals surface area (Å²) in [6.45, 7) is 4.03. The highest BCUT2D eigenvalue weighted by atomic mass is 16.5. The maximum absolute atomic E-state index is 11.2. The molecule has 1 saturated heterocycles. The second-order valence-corrected chi connectivity index (χ2v) is 5.50. The predicted molar refractivity (Wildman–Crippen MR) is 78.8 cm³/mol. The molecule has 0 aromatic heterocycles. The number of para-hydroxylation sites is 1. The highest BCUT2D eigenvalue weighted by Crippen LogP contribution is 2.30. The number of carboxylic acids is 1. The van der Waals surface area contributed by atoms with Crippen LogP contribution in [-0.4, -0.2) is 42.7 Å². The van der Waals surface area contributed by atoms with Crippen molar-refractivity contribution in [3.63, 3.8) is 0 Å². The Morgan fingerprint density at radius 2 is 2.25 bits per heavy atom. The Bertz CT molecular complexity index is 512. The van der Waals surface area contributed by atoms with Gasteiger partial charge in [-0.3, -0.25) is 9.69 Å². The fraction of sp³-hybridized carbons (Fsp3) is 0.438. The number of hydrogen-bond donors (Lipinski definition) is 1. The molecule has 0 amide bonds. The van der Waals surface area contributed by atoms with E-state index in [0.717, 1.165) is 24.4 Å². The van der Waals surface area contributed by atoms with Gasteiger partial charge in [-0.2, -0.15) is 0 Å². The number of hydrogen-bond acceptors (Lipinski definition) is 3. The van der Waals surface area contributed by atoms with Gasteiger partial charge in [-0.25, -0.2) is 0 Å². The maximum atomic E-state index is 11.2. The fourth-order valence-corrected chi connectivity index (χ4v) is 2.52. The van der Waals surface area contributed by atoms with Gasteiger partial charge in [0.05, 0.1) is 12.5 Å². The van der Waals surface area contributed by atoms with E-state index < -0.39 is 11.4 Å². The van der Waals surface area contributed by atoms with Crippen LogP contribution in [0.3, 0.4) is 0 Å². The average Bonchev–Trinajstić information content (AvgIpc) is 2.82. The standard InChI is InChI=1S/C16H21NO3/c1-16(15(18)19)9-11-17(12-16)10-5-7-13-6-3-4-8-14(13)20-2/h3-8H,9-12H2,1-2H3,(H,18,19)/b7-5+. The zero-order valence-corrected chi connectivity index (χ0v) is 12.0. The van der Waals surface area contributed by atoms with Crippen molar-refractivity contribution in [2.75, 3.05) is 26.7 Å². The molecule has 0 aliphatic carbocycles. The van der Waals surface area contributed by atoms with E-state index in [2.05, 4.69) is 11.0 Å². The molecule has 4 nitrogen and oxygen atoms in total. The van der Waals surface area contributed by atoms with Crippen LogP contribution in [0.4, 0.5) is 0 Å². The van der Waals surface area contributed by atoms with E-state index in [0.29, 0.717) is 13.0 Å². The zero-order valence-electron chi connectivity index (χ0n) is 12.0. The first kappa shape index (κ1) is 14.6. The van der Waals surface area contributed by atoms with Crippen molar-refractivity contribution in [2.45, 2.75) is 13.3 Å². The molecule has 0 radical (unpaired) electrons. The summed E-state index contributed by atoms with van der Waals surface area (Å²) in [5, 5.41) is 9.20. The van der Waals surface area contributed by atoms with E-state index >= 15 is 0 Å². The molecule has 0 spiro atoms. The minimum absolute atomic E-state index is 0.599. The summed E-state index contributed by atoms with van der Waals surface area (Å²) in [5.74, 6) is 0.147. The topological polar surface area (TPSA) is 49.8 Å². The van der Waals surface area contributed by atoms with E-state index in [9.17, 15) is 9.90 Å². The minimum Gasteiger partial charge on any atom is -0.496 e. The number of rotatable bonds is 5. The largest absolute Gasteiger partial charge is 0.496 e. The molecule has 1 atom stereocenters. The minimum atomic E-state index is -0.700. The molecule has 1 fully saturated rings. The Morgan fingerprint density at radius 3 is 2.90 bits per heavy atom. The van der Waals surface area contributed by atoms with Crippen molar-refractivity contribution in [3.8, 4) is 5.75 Å². The van der Waals surface area contributed by atoms with Crippen LogP contribution in [0.1, 0.15) is 18.9 Å². The van der Waals surface area contributed by atoms with Gasteiger partial charge in [0.1, 0.15) is 5.75 Å². The van der Waals surface area contributed by atoms with Crippen LogP contribution < -0.4 is 4.74 Å². The van der Waals surface area contributed by atoms with Crippen LogP contribution in [0.5, 0.6) is 5.75 Å². The molecule has 1 heterocycles. The van der Waals surface area contributed by atoms with Gasteiger partial charge >= 0.3 is 5.97 Å². The molecule has 1 aliphatic heterocycles. The van der Waals surface area contributed by atoms with Crippen molar-refractivity contribution in [3.05, 3.63) is 35.9 Å². The summed E-state index contributed by atoms with van der Waals surface area (Å²) in [7, 11) is 1.66. The van der Waals surface area contributed by atoms with Gasteiger partial charge in [0, 0.05) is 18.7 Å². The van der Waals surface area contributed by atoms with Crippen LogP contribution in [0.2, 0.25) is 0 Å². The zero-order chi connectivity index (χ0) is 14.6. The lowest BCUT2D eigenvalue weighted by Gasteiger charge is -2.18. The van der Waals surface area contributed by atoms with Gasteiger partial charge < -0.3 is 9.84 Å². The van der Waals surface area contributed by atoms with Gasteiger partial charge in [0.25, 0.3) is 0 Å². The summed E-state index contributed by atoms with van der Waals surface area (Å²) in [6, 6.07) is 7.84. The third-order valence-corrected chi connectivity index (χ3v) is 3.87. The third-order valence-electron chi connectivity index (χ3n) is 3.87. The Labute approximate surface area is 119 Å². The van der Waals surface area contributed by atoms with E-state index in [1.807, 2.05) is 37.3 Å². The Morgan fingerprint density at radius 1 is 1.50 bits per heavy atom. The van der Waals surface area contributed by atoms with E-state index in [1.54, 1.807) is 7.11 Å². The second-order valence-electron chi connectivity index (χ2n) is 5.50. The Kier molecular flexibility index (Phi) is 4.45. The smallest absolute Gasteiger partial charge is 0.310 e. The quantitative estimate of drug-likeness (QED) is 0.897. The van der Waals surface area contributed by atoms with Crippen LogP contribution in [0.15, 0.2) is 30.3 Å². The van der Waals surface area contributed by atoms with Gasteiger partial charge in [-0.05, 0) is 26.0 Å². The van der Waals surface area contributed by atoms with Gasteiger partial charge in [-0.1, -0.05) is 30.4 Å².